The fourth-order valence-corrected chi connectivity index (χ4v) is 3.10. The van der Waals surface area contributed by atoms with E-state index in [1.165, 1.54) is 0 Å². The molecular formula is C16H19ClN2O2. The quantitative estimate of drug-likeness (QED) is 0.815. The van der Waals surface area contributed by atoms with Crippen molar-refractivity contribution in [3.05, 3.63) is 35.0 Å². The van der Waals surface area contributed by atoms with E-state index in [2.05, 4.69) is 16.4 Å². The zero-order valence-corrected chi connectivity index (χ0v) is 12.8. The van der Waals surface area contributed by atoms with Crippen molar-refractivity contribution < 1.29 is 9.53 Å². The van der Waals surface area contributed by atoms with Crippen LogP contribution < -0.4 is 0 Å². The number of carbonyl (C=O) groups is 1. The summed E-state index contributed by atoms with van der Waals surface area (Å²) in [5.41, 5.74) is 1.69. The number of likely N-dealkylation sites (N-methyl/N-ethyl adjacent to an activating group) is 1. The van der Waals surface area contributed by atoms with Crippen LogP contribution in [-0.2, 0) is 11.3 Å². The minimum Gasteiger partial charge on any atom is -0.374 e. The summed E-state index contributed by atoms with van der Waals surface area (Å²) in [7, 11) is 0. The summed E-state index contributed by atoms with van der Waals surface area (Å²) >= 11 is 6.09. The Labute approximate surface area is 129 Å². The van der Waals surface area contributed by atoms with Gasteiger partial charge in [-0.2, -0.15) is 0 Å². The highest BCUT2D eigenvalue weighted by Gasteiger charge is 2.20. The summed E-state index contributed by atoms with van der Waals surface area (Å²) in [5.74, 6) is 0. The topological polar surface area (TPSA) is 34.5 Å². The smallest absolute Gasteiger partial charge is 0.152 e. The van der Waals surface area contributed by atoms with E-state index in [4.69, 9.17) is 16.3 Å². The van der Waals surface area contributed by atoms with E-state index in [0.717, 1.165) is 50.0 Å². The molecule has 0 N–H and O–H groups in total. The first-order chi connectivity index (χ1) is 10.2. The fourth-order valence-electron chi connectivity index (χ4n) is 2.94. The molecule has 1 atom stereocenters. The lowest BCUT2D eigenvalue weighted by Gasteiger charge is -2.32. The Morgan fingerprint density at radius 2 is 2.33 bits per heavy atom. The minimum atomic E-state index is 0.146. The maximum atomic E-state index is 11.2. The van der Waals surface area contributed by atoms with Crippen LogP contribution in [-0.4, -0.2) is 48.1 Å². The molecule has 1 aromatic heterocycles. The molecule has 5 heteroatoms. The Hall–Kier alpha value is -1.36. The van der Waals surface area contributed by atoms with Gasteiger partial charge < -0.3 is 9.30 Å². The van der Waals surface area contributed by atoms with E-state index in [9.17, 15) is 4.79 Å². The Morgan fingerprint density at radius 1 is 1.48 bits per heavy atom. The SMILES string of the molecule is CCN1CCOC(Cn2cc(C=O)c3ccc(Cl)cc32)C1. The number of nitrogens with zero attached hydrogens (tertiary/aromatic N) is 2. The van der Waals surface area contributed by atoms with Crippen molar-refractivity contribution in [2.45, 2.75) is 19.6 Å². The van der Waals surface area contributed by atoms with Crippen molar-refractivity contribution in [2.75, 3.05) is 26.2 Å². The highest BCUT2D eigenvalue weighted by Crippen LogP contribution is 2.24. The van der Waals surface area contributed by atoms with Crippen molar-refractivity contribution in [1.82, 2.24) is 9.47 Å². The summed E-state index contributed by atoms with van der Waals surface area (Å²) in [6.07, 6.45) is 2.93. The lowest BCUT2D eigenvalue weighted by Crippen LogP contribution is -2.43. The molecule has 1 aromatic carbocycles. The molecule has 4 nitrogen and oxygen atoms in total. The molecule has 0 saturated carbocycles. The molecule has 1 fully saturated rings. The number of rotatable bonds is 4. The van der Waals surface area contributed by atoms with Gasteiger partial charge in [-0.05, 0) is 18.7 Å². The number of aromatic nitrogens is 1. The summed E-state index contributed by atoms with van der Waals surface area (Å²) in [5, 5.41) is 1.62. The molecule has 3 rings (SSSR count). The lowest BCUT2D eigenvalue weighted by molar-refractivity contribution is -0.0337. The van der Waals surface area contributed by atoms with Crippen LogP contribution in [0.15, 0.2) is 24.4 Å². The van der Waals surface area contributed by atoms with Gasteiger partial charge in [-0.15, -0.1) is 0 Å². The van der Waals surface area contributed by atoms with Gasteiger partial charge in [0.1, 0.15) is 0 Å². The molecule has 1 saturated heterocycles. The molecule has 21 heavy (non-hydrogen) atoms. The number of halogens is 1. The zero-order chi connectivity index (χ0) is 14.8. The molecular weight excluding hydrogens is 288 g/mol. The summed E-state index contributed by atoms with van der Waals surface area (Å²) < 4.78 is 7.93. The lowest BCUT2D eigenvalue weighted by atomic mass is 10.2. The molecule has 0 radical (unpaired) electrons. The molecule has 1 aliphatic rings. The summed E-state index contributed by atoms with van der Waals surface area (Å²) in [6, 6.07) is 5.62. The summed E-state index contributed by atoms with van der Waals surface area (Å²) in [6.45, 7) is 6.62. The average Bonchev–Trinajstić information content (AvgIpc) is 2.84. The van der Waals surface area contributed by atoms with E-state index in [-0.39, 0.29) is 6.10 Å². The van der Waals surface area contributed by atoms with E-state index in [1.54, 1.807) is 0 Å². The van der Waals surface area contributed by atoms with Gasteiger partial charge in [0.15, 0.2) is 6.29 Å². The molecule has 1 unspecified atom stereocenters. The third-order valence-corrected chi connectivity index (χ3v) is 4.31. The zero-order valence-electron chi connectivity index (χ0n) is 12.1. The second kappa shape index (κ2) is 6.18. The Morgan fingerprint density at radius 3 is 3.10 bits per heavy atom. The Kier molecular flexibility index (Phi) is 4.29. The van der Waals surface area contributed by atoms with Gasteiger partial charge in [-0.1, -0.05) is 24.6 Å². The fraction of sp³-hybridized carbons (Fsp3) is 0.438. The third kappa shape index (κ3) is 2.98. The number of benzene rings is 1. The van der Waals surface area contributed by atoms with Crippen molar-refractivity contribution in [3.8, 4) is 0 Å². The largest absolute Gasteiger partial charge is 0.374 e. The van der Waals surface area contributed by atoms with Gasteiger partial charge >= 0.3 is 0 Å². The van der Waals surface area contributed by atoms with E-state index >= 15 is 0 Å². The second-order valence-electron chi connectivity index (χ2n) is 5.40. The number of hydrogen-bond acceptors (Lipinski definition) is 3. The maximum absolute atomic E-state index is 11.2. The monoisotopic (exact) mass is 306 g/mol. The number of aldehydes is 1. The average molecular weight is 307 g/mol. The normalized spacial score (nSPS) is 20.0. The molecule has 0 spiro atoms. The van der Waals surface area contributed by atoms with Crippen molar-refractivity contribution in [2.24, 2.45) is 0 Å². The highest BCUT2D eigenvalue weighted by molar-refractivity contribution is 6.31. The number of morpholine rings is 1. The van der Waals surface area contributed by atoms with Crippen LogP contribution in [0.1, 0.15) is 17.3 Å². The van der Waals surface area contributed by atoms with Crippen LogP contribution in [0.5, 0.6) is 0 Å². The maximum Gasteiger partial charge on any atom is 0.152 e. The van der Waals surface area contributed by atoms with Crippen molar-refractivity contribution >= 4 is 28.8 Å². The van der Waals surface area contributed by atoms with Crippen LogP contribution >= 0.6 is 11.6 Å². The molecule has 0 aliphatic carbocycles. The molecule has 112 valence electrons. The van der Waals surface area contributed by atoms with E-state index in [0.29, 0.717) is 10.6 Å². The van der Waals surface area contributed by atoms with E-state index in [1.807, 2.05) is 24.4 Å². The van der Waals surface area contributed by atoms with Crippen molar-refractivity contribution in [3.63, 3.8) is 0 Å². The van der Waals surface area contributed by atoms with Crippen LogP contribution in [0, 0.1) is 0 Å². The first-order valence-electron chi connectivity index (χ1n) is 7.28. The molecule has 1 aliphatic heterocycles. The number of carbonyl (C=O) groups excluding carboxylic acids is 1. The van der Waals surface area contributed by atoms with Gasteiger partial charge in [0.05, 0.1) is 24.8 Å². The summed E-state index contributed by atoms with van der Waals surface area (Å²) in [4.78, 5) is 13.6. The van der Waals surface area contributed by atoms with Crippen LogP contribution in [0.4, 0.5) is 0 Å². The second-order valence-corrected chi connectivity index (χ2v) is 5.84. The van der Waals surface area contributed by atoms with Gasteiger partial charge in [-0.25, -0.2) is 0 Å². The van der Waals surface area contributed by atoms with Crippen LogP contribution in [0.3, 0.4) is 0 Å². The predicted molar refractivity (Wildman–Crippen MR) is 84.2 cm³/mol. The van der Waals surface area contributed by atoms with Crippen LogP contribution in [0.2, 0.25) is 5.02 Å². The number of hydrogen-bond donors (Lipinski definition) is 0. The van der Waals surface area contributed by atoms with Gasteiger partial charge in [-0.3, -0.25) is 9.69 Å². The van der Waals surface area contributed by atoms with E-state index < -0.39 is 0 Å². The Balaban J connectivity index is 1.89. The predicted octanol–water partition coefficient (Wildman–Crippen LogP) is 2.83. The molecule has 0 bridgehead atoms. The third-order valence-electron chi connectivity index (χ3n) is 4.07. The van der Waals surface area contributed by atoms with Crippen molar-refractivity contribution in [1.29, 1.82) is 0 Å². The van der Waals surface area contributed by atoms with Gasteiger partial charge in [0.2, 0.25) is 0 Å². The standard InChI is InChI=1S/C16H19ClN2O2/c1-2-18-5-6-21-14(9-18)10-19-8-12(11-20)15-4-3-13(17)7-16(15)19/h3-4,7-8,11,14H,2,5-6,9-10H2,1H3. The molecule has 2 aromatic rings. The molecule has 0 amide bonds. The number of fused-ring (bicyclic) bond motifs is 1. The van der Waals surface area contributed by atoms with Gasteiger partial charge in [0, 0.05) is 35.3 Å². The minimum absolute atomic E-state index is 0.146. The molecule has 2 heterocycles. The first kappa shape index (κ1) is 14.6. The van der Waals surface area contributed by atoms with Crippen LogP contribution in [0.25, 0.3) is 10.9 Å². The Bertz CT molecular complexity index is 653. The van der Waals surface area contributed by atoms with Gasteiger partial charge in [0.25, 0.3) is 0 Å². The first-order valence-corrected chi connectivity index (χ1v) is 7.66. The highest BCUT2D eigenvalue weighted by atomic mass is 35.5. The number of ether oxygens (including phenoxy) is 1.